The van der Waals surface area contributed by atoms with E-state index in [4.69, 9.17) is 0 Å². The Morgan fingerprint density at radius 2 is 1.59 bits per heavy atom. The fourth-order valence-corrected chi connectivity index (χ4v) is 5.90. The first-order valence-electron chi connectivity index (χ1n) is 13.6. The van der Waals surface area contributed by atoms with Gasteiger partial charge in [0.25, 0.3) is 5.91 Å². The summed E-state index contributed by atoms with van der Waals surface area (Å²) in [5, 5.41) is 23.0. The van der Waals surface area contributed by atoms with Crippen LogP contribution in [0.1, 0.15) is 24.0 Å². The molecule has 0 unspecified atom stereocenters. The summed E-state index contributed by atoms with van der Waals surface area (Å²) in [6.07, 6.45) is 4.55. The summed E-state index contributed by atoms with van der Waals surface area (Å²) < 4.78 is 13.8. The van der Waals surface area contributed by atoms with Gasteiger partial charge in [-0.25, -0.2) is 14.4 Å². The molecule has 0 spiro atoms. The van der Waals surface area contributed by atoms with Gasteiger partial charge in [0.2, 0.25) is 5.95 Å². The maximum Gasteiger partial charge on any atom is 0.278 e. The molecule has 1 aromatic heterocycles. The largest absolute Gasteiger partial charge is 0.632 e. The molecule has 1 N–H and O–H groups in total. The molecular formula is C29H33FN6O3. The second kappa shape index (κ2) is 10.5. The van der Waals surface area contributed by atoms with Crippen molar-refractivity contribution in [2.24, 2.45) is 0 Å². The molecule has 10 heteroatoms. The van der Waals surface area contributed by atoms with Gasteiger partial charge < -0.3 is 29.7 Å². The second-order valence-electron chi connectivity index (χ2n) is 10.8. The summed E-state index contributed by atoms with van der Waals surface area (Å²) >= 11 is 0. The minimum Gasteiger partial charge on any atom is -0.632 e. The first-order chi connectivity index (χ1) is 18.9. The van der Waals surface area contributed by atoms with E-state index in [-0.39, 0.29) is 24.4 Å². The minimum atomic E-state index is -0.533. The molecule has 0 bridgehead atoms. The number of hydrogen-bond donors (Lipinski definition) is 1. The van der Waals surface area contributed by atoms with E-state index in [2.05, 4.69) is 14.9 Å². The zero-order valence-corrected chi connectivity index (χ0v) is 21.9. The van der Waals surface area contributed by atoms with Crippen molar-refractivity contribution in [1.82, 2.24) is 14.9 Å². The Balaban J connectivity index is 1.11. The van der Waals surface area contributed by atoms with E-state index in [1.165, 1.54) is 12.1 Å². The zero-order chi connectivity index (χ0) is 27.0. The molecule has 2 saturated heterocycles. The minimum absolute atomic E-state index is 0.0594. The van der Waals surface area contributed by atoms with Crippen LogP contribution < -0.4 is 9.80 Å². The number of carbonyl (C=O) groups excluding carboxylic acids is 1. The molecule has 3 aliphatic heterocycles. The molecule has 9 nitrogen and oxygen atoms in total. The molecule has 1 amide bonds. The fourth-order valence-electron chi connectivity index (χ4n) is 5.90. The van der Waals surface area contributed by atoms with Crippen LogP contribution in [0.2, 0.25) is 0 Å². The quantitative estimate of drug-likeness (QED) is 0.399. The standard InChI is InChI=1S/C29H33FN6O3/c30-24-5-6-27(26(15-24)23-16-31-29(32-17-23)35-9-7-25(37)8-10-35)33-11-13-34(14-12-33)28(38)20-36(39)18-21-3-1-2-4-22(21)19-36/h1-6,15-17,25,37H,7-14,18-20H2. The summed E-state index contributed by atoms with van der Waals surface area (Å²) in [6.45, 7) is 4.18. The molecule has 2 aromatic carbocycles. The van der Waals surface area contributed by atoms with E-state index in [9.17, 15) is 19.5 Å². The smallest absolute Gasteiger partial charge is 0.278 e. The Morgan fingerprint density at radius 3 is 2.23 bits per heavy atom. The van der Waals surface area contributed by atoms with E-state index in [0.717, 1.165) is 22.4 Å². The van der Waals surface area contributed by atoms with Gasteiger partial charge in [-0.3, -0.25) is 4.79 Å². The molecular weight excluding hydrogens is 499 g/mol. The zero-order valence-electron chi connectivity index (χ0n) is 21.9. The van der Waals surface area contributed by atoms with Gasteiger partial charge in [0.15, 0.2) is 6.54 Å². The molecule has 3 aliphatic rings. The van der Waals surface area contributed by atoms with Gasteiger partial charge in [0.05, 0.1) is 6.10 Å². The Bertz CT molecular complexity index is 1310. The molecule has 0 radical (unpaired) electrons. The number of rotatable bonds is 5. The molecule has 204 valence electrons. The number of aromatic nitrogens is 2. The normalized spacial score (nSPS) is 19.3. The molecule has 3 aromatic rings. The van der Waals surface area contributed by atoms with Crippen molar-refractivity contribution in [1.29, 1.82) is 0 Å². The average Bonchev–Trinajstić information content (AvgIpc) is 3.29. The number of hydroxylamine groups is 3. The number of aliphatic hydroxyl groups excluding tert-OH is 1. The van der Waals surface area contributed by atoms with E-state index < -0.39 is 4.65 Å². The van der Waals surface area contributed by atoms with Crippen molar-refractivity contribution in [3.8, 4) is 11.1 Å². The Morgan fingerprint density at radius 1 is 0.949 bits per heavy atom. The van der Waals surface area contributed by atoms with Crippen molar-refractivity contribution in [2.75, 3.05) is 55.6 Å². The third-order valence-corrected chi connectivity index (χ3v) is 8.09. The van der Waals surface area contributed by atoms with Gasteiger partial charge in [-0.1, -0.05) is 24.3 Å². The van der Waals surface area contributed by atoms with Gasteiger partial charge in [-0.2, -0.15) is 0 Å². The van der Waals surface area contributed by atoms with Crippen LogP contribution in [0.25, 0.3) is 11.1 Å². The van der Waals surface area contributed by atoms with Crippen molar-refractivity contribution in [3.05, 3.63) is 77.0 Å². The molecule has 0 atom stereocenters. The van der Waals surface area contributed by atoms with Crippen LogP contribution in [0, 0.1) is 11.0 Å². The maximum atomic E-state index is 14.3. The lowest BCUT2D eigenvalue weighted by atomic mass is 10.0. The highest BCUT2D eigenvalue weighted by Gasteiger charge is 2.33. The predicted octanol–water partition coefficient (Wildman–Crippen LogP) is 2.92. The summed E-state index contributed by atoms with van der Waals surface area (Å²) in [7, 11) is 0. The number of aliphatic hydroxyl groups is 1. The molecule has 0 saturated carbocycles. The van der Waals surface area contributed by atoms with Gasteiger partial charge in [-0.05, 0) is 31.0 Å². The molecule has 2 fully saturated rings. The highest BCUT2D eigenvalue weighted by molar-refractivity contribution is 5.80. The van der Waals surface area contributed by atoms with Gasteiger partial charge in [0.1, 0.15) is 18.9 Å². The molecule has 0 aliphatic carbocycles. The number of halogens is 1. The SMILES string of the molecule is O=C(C[N+]1([O-])Cc2ccccc2C1)N1CCN(c2ccc(F)cc2-c2cnc(N3CCC(O)CC3)nc2)CC1. The van der Waals surface area contributed by atoms with E-state index in [1.807, 2.05) is 29.2 Å². The third-order valence-electron chi connectivity index (χ3n) is 8.09. The number of fused-ring (bicyclic) bond motifs is 1. The van der Waals surface area contributed by atoms with Crippen LogP contribution in [-0.2, 0) is 17.9 Å². The highest BCUT2D eigenvalue weighted by Crippen LogP contribution is 2.33. The van der Waals surface area contributed by atoms with Crippen molar-refractivity contribution >= 4 is 17.5 Å². The van der Waals surface area contributed by atoms with Gasteiger partial charge in [-0.15, -0.1) is 0 Å². The van der Waals surface area contributed by atoms with Crippen LogP contribution in [-0.4, -0.2) is 82.4 Å². The number of quaternary nitrogens is 1. The van der Waals surface area contributed by atoms with Crippen LogP contribution >= 0.6 is 0 Å². The first-order valence-corrected chi connectivity index (χ1v) is 13.6. The van der Waals surface area contributed by atoms with Crippen molar-refractivity contribution in [2.45, 2.75) is 32.0 Å². The lowest BCUT2D eigenvalue weighted by Crippen LogP contribution is -2.53. The number of nitrogens with zero attached hydrogens (tertiary/aromatic N) is 6. The van der Waals surface area contributed by atoms with Crippen LogP contribution in [0.4, 0.5) is 16.0 Å². The van der Waals surface area contributed by atoms with Crippen LogP contribution in [0.15, 0.2) is 54.9 Å². The van der Waals surface area contributed by atoms with Crippen LogP contribution in [0.5, 0.6) is 0 Å². The molecule has 6 rings (SSSR count). The first kappa shape index (κ1) is 25.7. The Hall–Kier alpha value is -3.60. The summed E-state index contributed by atoms with van der Waals surface area (Å²) in [4.78, 5) is 28.1. The number of anilines is 2. The lowest BCUT2D eigenvalue weighted by molar-refractivity contribution is -0.892. The van der Waals surface area contributed by atoms with Gasteiger partial charge >= 0.3 is 0 Å². The number of piperidine rings is 1. The fraction of sp³-hybridized carbons (Fsp3) is 0.414. The van der Waals surface area contributed by atoms with Gasteiger partial charge in [0, 0.05) is 79.6 Å². The Labute approximate surface area is 227 Å². The summed E-state index contributed by atoms with van der Waals surface area (Å²) in [5.41, 5.74) is 4.34. The van der Waals surface area contributed by atoms with E-state index >= 15 is 0 Å². The van der Waals surface area contributed by atoms with E-state index in [1.54, 1.807) is 23.4 Å². The topological polar surface area (TPSA) is 95.9 Å². The molecule has 39 heavy (non-hydrogen) atoms. The Kier molecular flexibility index (Phi) is 6.92. The van der Waals surface area contributed by atoms with E-state index in [0.29, 0.717) is 76.7 Å². The average molecular weight is 533 g/mol. The second-order valence-corrected chi connectivity index (χ2v) is 10.8. The summed E-state index contributed by atoms with van der Waals surface area (Å²) in [6, 6.07) is 12.5. The van der Waals surface area contributed by atoms with Crippen molar-refractivity contribution < 1.29 is 18.9 Å². The van der Waals surface area contributed by atoms with Crippen LogP contribution in [0.3, 0.4) is 0 Å². The summed E-state index contributed by atoms with van der Waals surface area (Å²) in [5.74, 6) is 0.148. The number of benzene rings is 2. The number of piperazine rings is 1. The lowest BCUT2D eigenvalue weighted by Gasteiger charge is -2.41. The maximum absolute atomic E-state index is 14.3. The van der Waals surface area contributed by atoms with Crippen molar-refractivity contribution in [3.63, 3.8) is 0 Å². The highest BCUT2D eigenvalue weighted by atomic mass is 19.1. The number of carbonyl (C=O) groups is 1. The monoisotopic (exact) mass is 532 g/mol. The third kappa shape index (κ3) is 5.45. The number of amides is 1. The number of hydrogen-bond acceptors (Lipinski definition) is 7. The predicted molar refractivity (Wildman–Crippen MR) is 146 cm³/mol. The molecule has 4 heterocycles.